The first-order chi connectivity index (χ1) is 9.22. The van der Waals surface area contributed by atoms with Gasteiger partial charge in [0.15, 0.2) is 0 Å². The third-order valence-corrected chi connectivity index (χ3v) is 4.28. The van der Waals surface area contributed by atoms with E-state index in [0.29, 0.717) is 5.92 Å². The minimum absolute atomic E-state index is 0.408. The Balaban J connectivity index is 1.65. The maximum atomic E-state index is 10.1. The summed E-state index contributed by atoms with van der Waals surface area (Å²) in [6.07, 6.45) is 9.24. The van der Waals surface area contributed by atoms with Crippen LogP contribution in [0.4, 0.5) is 0 Å². The van der Waals surface area contributed by atoms with Gasteiger partial charge in [-0.05, 0) is 30.9 Å². The summed E-state index contributed by atoms with van der Waals surface area (Å²) >= 11 is 0. The van der Waals surface area contributed by atoms with E-state index < -0.39 is 6.10 Å². The molecule has 1 fully saturated rings. The second-order valence-electron chi connectivity index (χ2n) is 6.13. The molecule has 1 heterocycles. The summed E-state index contributed by atoms with van der Waals surface area (Å²) in [5.74, 6) is 3.21. The van der Waals surface area contributed by atoms with Gasteiger partial charge in [-0.25, -0.2) is 0 Å². The number of rotatable bonds is 9. The second kappa shape index (κ2) is 7.14. The molecule has 0 radical (unpaired) electrons. The summed E-state index contributed by atoms with van der Waals surface area (Å²) in [5.41, 5.74) is 0. The van der Waals surface area contributed by atoms with Crippen LogP contribution >= 0.6 is 0 Å². The molecule has 1 aliphatic rings. The number of aliphatic hydroxyl groups is 1. The Labute approximate surface area is 117 Å². The quantitative estimate of drug-likeness (QED) is 0.623. The average molecular weight is 264 g/mol. The van der Waals surface area contributed by atoms with Crippen LogP contribution < -0.4 is 0 Å². The van der Waals surface area contributed by atoms with Crippen molar-refractivity contribution in [3.05, 3.63) is 23.7 Å². The van der Waals surface area contributed by atoms with E-state index in [4.69, 9.17) is 4.42 Å². The van der Waals surface area contributed by atoms with Crippen molar-refractivity contribution in [1.29, 1.82) is 0 Å². The van der Waals surface area contributed by atoms with Crippen molar-refractivity contribution in [2.24, 2.45) is 5.92 Å². The first kappa shape index (κ1) is 14.6. The van der Waals surface area contributed by atoms with Gasteiger partial charge in [-0.1, -0.05) is 52.4 Å². The minimum Gasteiger partial charge on any atom is -0.463 e. The van der Waals surface area contributed by atoms with Gasteiger partial charge < -0.3 is 9.52 Å². The number of hydrogen-bond acceptors (Lipinski definition) is 2. The molecule has 0 amide bonds. The van der Waals surface area contributed by atoms with Gasteiger partial charge in [-0.2, -0.15) is 0 Å². The maximum absolute atomic E-state index is 10.1. The Bertz CT molecular complexity index is 369. The van der Waals surface area contributed by atoms with Crippen LogP contribution in [-0.4, -0.2) is 5.11 Å². The summed E-state index contributed by atoms with van der Waals surface area (Å²) in [6.45, 7) is 4.48. The highest BCUT2D eigenvalue weighted by Crippen LogP contribution is 2.47. The summed E-state index contributed by atoms with van der Waals surface area (Å²) in [6, 6.07) is 4.01. The molecule has 1 saturated carbocycles. The molecule has 2 nitrogen and oxygen atoms in total. The molecule has 0 spiro atoms. The van der Waals surface area contributed by atoms with Crippen LogP contribution in [0.5, 0.6) is 0 Å². The van der Waals surface area contributed by atoms with Crippen molar-refractivity contribution in [2.45, 2.75) is 77.2 Å². The highest BCUT2D eigenvalue weighted by Gasteiger charge is 2.36. The summed E-state index contributed by atoms with van der Waals surface area (Å²) in [4.78, 5) is 0. The van der Waals surface area contributed by atoms with Gasteiger partial charge in [0.05, 0.1) is 0 Å². The van der Waals surface area contributed by atoms with E-state index in [2.05, 4.69) is 13.8 Å². The van der Waals surface area contributed by atoms with Gasteiger partial charge in [0.1, 0.15) is 17.6 Å². The molecule has 1 aromatic rings. The average Bonchev–Trinajstić information content (AvgIpc) is 2.94. The lowest BCUT2D eigenvalue weighted by Gasteiger charge is -2.07. The van der Waals surface area contributed by atoms with Crippen molar-refractivity contribution < 1.29 is 9.52 Å². The number of hydrogen-bond donors (Lipinski definition) is 1. The predicted octanol–water partition coefficient (Wildman–Crippen LogP) is 5.19. The van der Waals surface area contributed by atoms with Crippen LogP contribution in [0, 0.1) is 5.92 Å². The molecule has 1 aliphatic carbocycles. The fourth-order valence-electron chi connectivity index (χ4n) is 2.73. The molecule has 108 valence electrons. The summed E-state index contributed by atoms with van der Waals surface area (Å²) in [7, 11) is 0. The molecule has 2 rings (SSSR count). The van der Waals surface area contributed by atoms with E-state index in [0.717, 1.165) is 30.3 Å². The molecule has 1 aromatic heterocycles. The van der Waals surface area contributed by atoms with Gasteiger partial charge >= 0.3 is 0 Å². The van der Waals surface area contributed by atoms with E-state index in [9.17, 15) is 5.11 Å². The standard InChI is InChI=1S/C17H28O2/c1-3-4-5-6-7-8-9-15(18)17-11-10-16(19-17)14-12-13(14)2/h10-11,13-15,18H,3-9,12H2,1-2H3. The van der Waals surface area contributed by atoms with Gasteiger partial charge in [0.25, 0.3) is 0 Å². The summed E-state index contributed by atoms with van der Waals surface area (Å²) < 4.78 is 5.79. The Hall–Kier alpha value is -0.760. The van der Waals surface area contributed by atoms with Crippen LogP contribution in [0.25, 0.3) is 0 Å². The second-order valence-corrected chi connectivity index (χ2v) is 6.13. The topological polar surface area (TPSA) is 33.4 Å². The van der Waals surface area contributed by atoms with Crippen LogP contribution in [0.3, 0.4) is 0 Å². The molecule has 0 aromatic carbocycles. The molecule has 0 aliphatic heterocycles. The normalized spacial score (nSPS) is 23.5. The van der Waals surface area contributed by atoms with E-state index in [1.165, 1.54) is 38.5 Å². The number of furan rings is 1. The fourth-order valence-corrected chi connectivity index (χ4v) is 2.73. The smallest absolute Gasteiger partial charge is 0.132 e. The van der Waals surface area contributed by atoms with Crippen LogP contribution in [0.2, 0.25) is 0 Å². The molecule has 0 saturated heterocycles. The van der Waals surface area contributed by atoms with Crippen molar-refractivity contribution in [2.75, 3.05) is 0 Å². The number of unbranched alkanes of at least 4 members (excludes halogenated alkanes) is 5. The number of aliphatic hydroxyl groups excluding tert-OH is 1. The van der Waals surface area contributed by atoms with Crippen molar-refractivity contribution >= 4 is 0 Å². The zero-order valence-corrected chi connectivity index (χ0v) is 12.4. The Morgan fingerprint density at radius 2 is 1.89 bits per heavy atom. The third kappa shape index (κ3) is 4.38. The van der Waals surface area contributed by atoms with Crippen molar-refractivity contribution in [3.63, 3.8) is 0 Å². The Kier molecular flexibility index (Phi) is 5.50. The van der Waals surface area contributed by atoms with Gasteiger partial charge in [-0.3, -0.25) is 0 Å². The Morgan fingerprint density at radius 3 is 2.58 bits per heavy atom. The summed E-state index contributed by atoms with van der Waals surface area (Å²) in [5, 5.41) is 10.1. The Morgan fingerprint density at radius 1 is 1.21 bits per heavy atom. The first-order valence-corrected chi connectivity index (χ1v) is 8.00. The lowest BCUT2D eigenvalue weighted by molar-refractivity contribution is 0.135. The first-order valence-electron chi connectivity index (χ1n) is 8.00. The molecule has 3 atom stereocenters. The third-order valence-electron chi connectivity index (χ3n) is 4.28. The zero-order chi connectivity index (χ0) is 13.7. The lowest BCUT2D eigenvalue weighted by atomic mass is 10.1. The van der Waals surface area contributed by atoms with Gasteiger partial charge in [-0.15, -0.1) is 0 Å². The highest BCUT2D eigenvalue weighted by atomic mass is 16.4. The zero-order valence-electron chi connectivity index (χ0n) is 12.4. The molecule has 1 N–H and O–H groups in total. The lowest BCUT2D eigenvalue weighted by Crippen LogP contribution is -1.95. The van der Waals surface area contributed by atoms with Crippen molar-refractivity contribution in [3.8, 4) is 0 Å². The largest absolute Gasteiger partial charge is 0.463 e. The SMILES string of the molecule is CCCCCCCCC(O)c1ccc(C2CC2C)o1. The molecular weight excluding hydrogens is 236 g/mol. The van der Waals surface area contributed by atoms with E-state index in [1.54, 1.807) is 0 Å². The van der Waals surface area contributed by atoms with Gasteiger partial charge in [0.2, 0.25) is 0 Å². The molecule has 2 heteroatoms. The maximum Gasteiger partial charge on any atom is 0.132 e. The van der Waals surface area contributed by atoms with Crippen LogP contribution in [0.1, 0.15) is 88.8 Å². The van der Waals surface area contributed by atoms with Crippen molar-refractivity contribution in [1.82, 2.24) is 0 Å². The molecule has 3 unspecified atom stereocenters. The molecular formula is C17H28O2. The van der Waals surface area contributed by atoms with Gasteiger partial charge in [0, 0.05) is 5.92 Å². The predicted molar refractivity (Wildman–Crippen MR) is 78.2 cm³/mol. The highest BCUT2D eigenvalue weighted by molar-refractivity contribution is 5.18. The fraction of sp³-hybridized carbons (Fsp3) is 0.765. The van der Waals surface area contributed by atoms with Crippen LogP contribution in [0.15, 0.2) is 16.5 Å². The van der Waals surface area contributed by atoms with E-state index in [-0.39, 0.29) is 0 Å². The molecule has 0 bridgehead atoms. The van der Waals surface area contributed by atoms with Crippen LogP contribution in [-0.2, 0) is 0 Å². The van der Waals surface area contributed by atoms with E-state index in [1.807, 2.05) is 12.1 Å². The monoisotopic (exact) mass is 264 g/mol. The molecule has 19 heavy (non-hydrogen) atoms. The van der Waals surface area contributed by atoms with E-state index >= 15 is 0 Å². The minimum atomic E-state index is -0.408.